The topological polar surface area (TPSA) is 83.2 Å². The van der Waals surface area contributed by atoms with Crippen LogP contribution in [0.25, 0.3) is 0 Å². The molecule has 3 heterocycles. The van der Waals surface area contributed by atoms with Crippen molar-refractivity contribution in [2.45, 2.75) is 25.0 Å². The van der Waals surface area contributed by atoms with Gasteiger partial charge in [0.1, 0.15) is 0 Å². The normalized spacial score (nSPS) is 23.2. The molecule has 0 bridgehead atoms. The highest BCUT2D eigenvalue weighted by atomic mass is 32.2. The maximum atomic E-state index is 5.50. The van der Waals surface area contributed by atoms with E-state index in [1.54, 1.807) is 0 Å². The highest BCUT2D eigenvalue weighted by molar-refractivity contribution is 8.00. The summed E-state index contributed by atoms with van der Waals surface area (Å²) >= 11 is 1.99. The second kappa shape index (κ2) is 6.01. The van der Waals surface area contributed by atoms with E-state index in [1.807, 2.05) is 11.8 Å². The Morgan fingerprint density at radius 3 is 2.45 bits per heavy atom. The smallest absolute Gasteiger partial charge is 0.243 e. The van der Waals surface area contributed by atoms with Gasteiger partial charge in [0, 0.05) is 37.2 Å². The number of hydrogen-bond donors (Lipinski definition) is 2. The van der Waals surface area contributed by atoms with Crippen LogP contribution in [-0.2, 0) is 0 Å². The summed E-state index contributed by atoms with van der Waals surface area (Å²) in [5, 5.41) is 0.602. The Hall–Kier alpha value is -1.28. The van der Waals surface area contributed by atoms with Crippen molar-refractivity contribution in [1.82, 2.24) is 15.0 Å². The van der Waals surface area contributed by atoms with Crippen LogP contribution in [0.15, 0.2) is 0 Å². The van der Waals surface area contributed by atoms with Crippen molar-refractivity contribution in [1.29, 1.82) is 0 Å². The van der Waals surface area contributed by atoms with E-state index >= 15 is 0 Å². The predicted molar refractivity (Wildman–Crippen MR) is 83.2 cm³/mol. The molecule has 0 saturated carbocycles. The fourth-order valence-corrected chi connectivity index (χ4v) is 3.63. The first kappa shape index (κ1) is 13.7. The lowest BCUT2D eigenvalue weighted by atomic mass is 10.4. The van der Waals surface area contributed by atoms with Gasteiger partial charge in [-0.05, 0) is 12.8 Å². The molecule has 1 aromatic rings. The van der Waals surface area contributed by atoms with Crippen LogP contribution in [0.3, 0.4) is 0 Å². The highest BCUT2D eigenvalue weighted by Crippen LogP contribution is 2.24. The standard InChI is InChI=1S/C12H21N7S/c1-9-8-19(6-7-20-9)12-15-10(17-13)14-11(16-12)18-4-2-3-5-18/h9H,2-8,13H2,1H3,(H,14,15,16,17). The second-order valence-corrected chi connectivity index (χ2v) is 6.77. The van der Waals surface area contributed by atoms with E-state index in [4.69, 9.17) is 5.84 Å². The Bertz CT molecular complexity index is 463. The Labute approximate surface area is 123 Å². The number of anilines is 3. The van der Waals surface area contributed by atoms with Gasteiger partial charge in [0.25, 0.3) is 0 Å². The number of hydrazine groups is 1. The minimum atomic E-state index is 0.447. The molecule has 2 saturated heterocycles. The summed E-state index contributed by atoms with van der Waals surface area (Å²) in [6, 6.07) is 0. The number of hydrogen-bond acceptors (Lipinski definition) is 8. The van der Waals surface area contributed by atoms with Crippen molar-refractivity contribution >= 4 is 29.6 Å². The Morgan fingerprint density at radius 1 is 1.10 bits per heavy atom. The Kier molecular flexibility index (Phi) is 4.11. The van der Waals surface area contributed by atoms with E-state index in [2.05, 4.69) is 37.1 Å². The van der Waals surface area contributed by atoms with Crippen LogP contribution in [0.5, 0.6) is 0 Å². The van der Waals surface area contributed by atoms with Crippen LogP contribution >= 0.6 is 11.8 Å². The average molecular weight is 295 g/mol. The summed E-state index contributed by atoms with van der Waals surface area (Å²) in [5.74, 6) is 8.53. The summed E-state index contributed by atoms with van der Waals surface area (Å²) in [6.45, 7) is 6.21. The second-order valence-electron chi connectivity index (χ2n) is 5.22. The number of nitrogens with one attached hydrogen (secondary N) is 1. The van der Waals surface area contributed by atoms with E-state index in [-0.39, 0.29) is 0 Å². The number of aromatic nitrogens is 3. The lowest BCUT2D eigenvalue weighted by Gasteiger charge is -2.31. The van der Waals surface area contributed by atoms with Crippen molar-refractivity contribution < 1.29 is 0 Å². The average Bonchev–Trinajstić information content (AvgIpc) is 3.01. The third kappa shape index (κ3) is 2.90. The molecule has 0 aromatic carbocycles. The Morgan fingerprint density at radius 2 is 1.80 bits per heavy atom. The molecule has 0 radical (unpaired) electrons. The molecular weight excluding hydrogens is 274 g/mol. The van der Waals surface area contributed by atoms with Crippen LogP contribution in [-0.4, -0.2) is 52.1 Å². The minimum absolute atomic E-state index is 0.447. The summed E-state index contributed by atoms with van der Waals surface area (Å²) in [4.78, 5) is 17.9. The van der Waals surface area contributed by atoms with Crippen molar-refractivity contribution in [2.75, 3.05) is 47.2 Å². The molecule has 3 N–H and O–H groups in total. The summed E-state index contributed by atoms with van der Waals surface area (Å²) in [5.41, 5.74) is 2.56. The van der Waals surface area contributed by atoms with Crippen LogP contribution in [0.4, 0.5) is 17.8 Å². The first-order valence-electron chi connectivity index (χ1n) is 7.10. The maximum absolute atomic E-state index is 5.50. The van der Waals surface area contributed by atoms with Gasteiger partial charge in [-0.2, -0.15) is 26.7 Å². The van der Waals surface area contributed by atoms with Crippen LogP contribution < -0.4 is 21.1 Å². The van der Waals surface area contributed by atoms with Gasteiger partial charge in [-0.1, -0.05) is 6.92 Å². The van der Waals surface area contributed by atoms with Crippen molar-refractivity contribution in [2.24, 2.45) is 5.84 Å². The predicted octanol–water partition coefficient (Wildman–Crippen LogP) is 0.699. The molecule has 0 aliphatic carbocycles. The van der Waals surface area contributed by atoms with E-state index in [0.717, 1.165) is 43.8 Å². The minimum Gasteiger partial charge on any atom is -0.341 e. The van der Waals surface area contributed by atoms with Gasteiger partial charge in [-0.3, -0.25) is 5.43 Å². The highest BCUT2D eigenvalue weighted by Gasteiger charge is 2.22. The van der Waals surface area contributed by atoms with Crippen LogP contribution in [0.2, 0.25) is 0 Å². The van der Waals surface area contributed by atoms with E-state index in [1.165, 1.54) is 12.8 Å². The van der Waals surface area contributed by atoms with Crippen molar-refractivity contribution in [3.63, 3.8) is 0 Å². The third-order valence-corrected chi connectivity index (χ3v) is 4.79. The molecule has 2 aliphatic rings. The molecule has 2 fully saturated rings. The van der Waals surface area contributed by atoms with Gasteiger partial charge in [0.05, 0.1) is 0 Å². The quantitative estimate of drug-likeness (QED) is 0.623. The van der Waals surface area contributed by atoms with Gasteiger partial charge < -0.3 is 9.80 Å². The fourth-order valence-electron chi connectivity index (χ4n) is 2.62. The molecule has 1 atom stereocenters. The largest absolute Gasteiger partial charge is 0.341 e. The molecule has 1 aromatic heterocycles. The SMILES string of the molecule is CC1CN(c2nc(NN)nc(N3CCCC3)n2)CCS1. The zero-order valence-corrected chi connectivity index (χ0v) is 12.6. The van der Waals surface area contributed by atoms with Gasteiger partial charge >= 0.3 is 0 Å². The number of nitrogens with zero attached hydrogens (tertiary/aromatic N) is 5. The van der Waals surface area contributed by atoms with Gasteiger partial charge in [-0.25, -0.2) is 5.84 Å². The molecule has 0 spiro atoms. The van der Waals surface area contributed by atoms with E-state index < -0.39 is 0 Å². The number of thioether (sulfide) groups is 1. The number of nitrogens with two attached hydrogens (primary N) is 1. The lowest BCUT2D eigenvalue weighted by Crippen LogP contribution is -2.38. The third-order valence-electron chi connectivity index (χ3n) is 3.65. The molecule has 8 heteroatoms. The van der Waals surface area contributed by atoms with Crippen LogP contribution in [0, 0.1) is 0 Å². The fraction of sp³-hybridized carbons (Fsp3) is 0.750. The first-order valence-corrected chi connectivity index (χ1v) is 8.15. The molecule has 3 rings (SSSR count). The van der Waals surface area contributed by atoms with Gasteiger partial charge in [-0.15, -0.1) is 0 Å². The van der Waals surface area contributed by atoms with Crippen LogP contribution in [0.1, 0.15) is 19.8 Å². The summed E-state index contributed by atoms with van der Waals surface area (Å²) < 4.78 is 0. The maximum Gasteiger partial charge on any atom is 0.243 e. The Balaban J connectivity index is 1.87. The van der Waals surface area contributed by atoms with Gasteiger partial charge in [0.2, 0.25) is 17.8 Å². The summed E-state index contributed by atoms with van der Waals surface area (Å²) in [6.07, 6.45) is 2.40. The number of rotatable bonds is 3. The zero-order valence-electron chi connectivity index (χ0n) is 11.7. The molecule has 20 heavy (non-hydrogen) atoms. The van der Waals surface area contributed by atoms with Crippen molar-refractivity contribution in [3.05, 3.63) is 0 Å². The molecule has 0 amide bonds. The van der Waals surface area contributed by atoms with E-state index in [9.17, 15) is 0 Å². The molecule has 7 nitrogen and oxygen atoms in total. The molecule has 110 valence electrons. The zero-order chi connectivity index (χ0) is 13.9. The molecular formula is C12H21N7S. The van der Waals surface area contributed by atoms with Gasteiger partial charge in [0.15, 0.2) is 0 Å². The lowest BCUT2D eigenvalue weighted by molar-refractivity contribution is 0.745. The molecule has 2 aliphatic heterocycles. The van der Waals surface area contributed by atoms with E-state index in [0.29, 0.717) is 11.2 Å². The summed E-state index contributed by atoms with van der Waals surface area (Å²) in [7, 11) is 0. The first-order chi connectivity index (χ1) is 9.76. The number of nitrogen functional groups attached to an aromatic ring is 1. The monoisotopic (exact) mass is 295 g/mol. The molecule has 1 unspecified atom stereocenters. The van der Waals surface area contributed by atoms with Crippen molar-refractivity contribution in [3.8, 4) is 0 Å².